The van der Waals surface area contributed by atoms with Crippen molar-refractivity contribution in [1.82, 2.24) is 30.4 Å². The van der Waals surface area contributed by atoms with Crippen LogP contribution in [0.3, 0.4) is 0 Å². The molecule has 0 radical (unpaired) electrons. The van der Waals surface area contributed by atoms with Crippen molar-refractivity contribution in [3.63, 3.8) is 0 Å². The lowest BCUT2D eigenvalue weighted by Gasteiger charge is -2.35. The smallest absolute Gasteiger partial charge is 0.346 e. The molecule has 2 atom stereocenters. The van der Waals surface area contributed by atoms with Gasteiger partial charge >= 0.3 is 12.4 Å². The van der Waals surface area contributed by atoms with Gasteiger partial charge in [-0.1, -0.05) is 41.5 Å². The topological polar surface area (TPSA) is 193 Å². The van der Waals surface area contributed by atoms with E-state index in [1.807, 2.05) is 27.7 Å². The Morgan fingerprint density at radius 1 is 0.605 bits per heavy atom. The molecule has 0 bridgehead atoms. The van der Waals surface area contributed by atoms with Gasteiger partial charge in [0.25, 0.3) is 23.6 Å². The van der Waals surface area contributed by atoms with E-state index in [0.717, 1.165) is 9.75 Å². The van der Waals surface area contributed by atoms with Crippen LogP contribution in [-0.4, -0.2) is 97.2 Å². The predicted octanol–water partition coefficient (Wildman–Crippen LogP) is 10.8. The second-order valence-corrected chi connectivity index (χ2v) is 27.5. The Balaban J connectivity index is 0.000000221. The van der Waals surface area contributed by atoms with Crippen LogP contribution in [0.5, 0.6) is 0 Å². The summed E-state index contributed by atoms with van der Waals surface area (Å²) in [6.07, 6.45) is -3.61. The molecule has 6 heterocycles. The lowest BCUT2D eigenvalue weighted by Crippen LogP contribution is -2.37. The van der Waals surface area contributed by atoms with Gasteiger partial charge in [0.05, 0.1) is 90.6 Å². The van der Waals surface area contributed by atoms with Gasteiger partial charge in [0.15, 0.2) is 19.7 Å². The first-order chi connectivity index (χ1) is 35.6. The minimum absolute atomic E-state index is 0.0273. The van der Waals surface area contributed by atoms with Crippen LogP contribution in [0.2, 0.25) is 0 Å². The van der Waals surface area contributed by atoms with Gasteiger partial charge in [-0.2, -0.15) is 26.3 Å². The van der Waals surface area contributed by atoms with E-state index in [0.29, 0.717) is 71.0 Å². The third kappa shape index (κ3) is 13.3. The number of sulfone groups is 2. The van der Waals surface area contributed by atoms with Crippen LogP contribution in [-0.2, 0) is 32.8 Å². The number of halogens is 6. The first-order valence-corrected chi connectivity index (χ1v) is 30.5. The van der Waals surface area contributed by atoms with E-state index in [2.05, 4.69) is 20.6 Å². The molecule has 0 spiro atoms. The summed E-state index contributed by atoms with van der Waals surface area (Å²) in [6, 6.07) is 8.77. The summed E-state index contributed by atoms with van der Waals surface area (Å²) in [5.74, 6) is -3.44. The van der Waals surface area contributed by atoms with Gasteiger partial charge in [0, 0.05) is 35.2 Å². The van der Waals surface area contributed by atoms with Gasteiger partial charge in [-0.3, -0.25) is 29.1 Å². The highest BCUT2D eigenvalue weighted by Crippen LogP contribution is 2.48. The first kappa shape index (κ1) is 58.7. The molecule has 4 aromatic rings. The number of nitrogens with one attached hydrogen (secondary N) is 2. The molecule has 2 aliphatic heterocycles. The molecule has 0 unspecified atom stereocenters. The fraction of sp³-hybridized carbons (Fsp3) is 0.577. The van der Waals surface area contributed by atoms with Crippen molar-refractivity contribution in [1.29, 1.82) is 0 Å². The number of hydrogen-bond acceptors (Lipinski definition) is 12. The van der Waals surface area contributed by atoms with E-state index >= 15 is 0 Å². The maximum atomic E-state index is 13.3. The Morgan fingerprint density at radius 3 is 1.22 bits per heavy atom. The van der Waals surface area contributed by atoms with Crippen LogP contribution in [0.1, 0.15) is 166 Å². The number of rotatable bonds is 16. The van der Waals surface area contributed by atoms with Gasteiger partial charge in [0.2, 0.25) is 0 Å². The van der Waals surface area contributed by atoms with Crippen molar-refractivity contribution in [3.8, 4) is 0 Å². The zero-order valence-electron chi connectivity index (χ0n) is 43.1. The van der Waals surface area contributed by atoms with E-state index in [-0.39, 0.29) is 119 Å². The number of alkyl halides is 6. The third-order valence-electron chi connectivity index (χ3n) is 14.9. The summed E-state index contributed by atoms with van der Waals surface area (Å²) in [4.78, 5) is 66.8. The number of fused-ring (bicyclic) bond motifs is 2. The molecule has 76 heavy (non-hydrogen) atoms. The summed E-state index contributed by atoms with van der Waals surface area (Å²) < 4.78 is 126. The molecule has 2 saturated carbocycles. The van der Waals surface area contributed by atoms with E-state index in [1.165, 1.54) is 47.2 Å². The Kier molecular flexibility index (Phi) is 18.2. The monoisotopic (exact) mass is 1140 g/mol. The summed E-state index contributed by atoms with van der Waals surface area (Å²) in [7, 11) is -6.71. The normalized spacial score (nSPS) is 22.1. The highest BCUT2D eigenvalue weighted by Gasteiger charge is 2.47. The SMILES string of the molecule is CCS(=O)(=O)c1ccc(CNC(=O)c2cc3c(s2)[C@@H](C(C)C)N(CC2CCC(C(F)(F)F)CC2)C3=O)nc1.CCS(=O)(=O)c1ccc(CNC(=O)c2cc3c(s2)[C@H](C(C)C)N(CC2CCC(C(F)(F)F)CC2)C3=O)nc1. The van der Waals surface area contributed by atoms with Crippen LogP contribution in [0.25, 0.3) is 0 Å². The second kappa shape index (κ2) is 23.6. The van der Waals surface area contributed by atoms with Gasteiger partial charge in [-0.15, -0.1) is 22.7 Å². The predicted molar refractivity (Wildman–Crippen MR) is 275 cm³/mol. The second-order valence-electron chi connectivity index (χ2n) is 20.7. The fourth-order valence-corrected chi connectivity index (χ4v) is 14.9. The van der Waals surface area contributed by atoms with Gasteiger partial charge in [-0.25, -0.2) is 16.8 Å². The fourth-order valence-electron chi connectivity index (χ4n) is 10.5. The molecule has 2 fully saturated rings. The summed E-state index contributed by atoms with van der Waals surface area (Å²) in [5.41, 5.74) is 1.96. The van der Waals surface area contributed by atoms with Crippen molar-refractivity contribution >= 4 is 66.0 Å². The zero-order valence-corrected chi connectivity index (χ0v) is 46.4. The number of thiophene rings is 2. The molecule has 8 rings (SSSR count). The van der Waals surface area contributed by atoms with Crippen LogP contribution in [0.4, 0.5) is 26.3 Å². The molecule has 14 nitrogen and oxygen atoms in total. The van der Waals surface area contributed by atoms with E-state index in [9.17, 15) is 62.4 Å². The molecule has 2 aliphatic carbocycles. The van der Waals surface area contributed by atoms with Gasteiger partial charge < -0.3 is 20.4 Å². The van der Waals surface area contributed by atoms with E-state index < -0.39 is 43.9 Å². The Bertz CT molecular complexity index is 2760. The minimum Gasteiger partial charge on any atom is -0.346 e. The minimum atomic E-state index is -4.16. The van der Waals surface area contributed by atoms with Crippen molar-refractivity contribution in [2.24, 2.45) is 35.5 Å². The van der Waals surface area contributed by atoms with Crippen LogP contribution in [0.15, 0.2) is 58.6 Å². The van der Waals surface area contributed by atoms with E-state index in [1.54, 1.807) is 47.9 Å². The van der Waals surface area contributed by atoms with Gasteiger partial charge in [0.1, 0.15) is 0 Å². The number of carbonyl (C=O) groups is 4. The Hall–Kier alpha value is -4.94. The number of carbonyl (C=O) groups excluding carboxylic acids is 4. The average molecular weight is 1140 g/mol. The molecule has 0 aromatic carbocycles. The lowest BCUT2D eigenvalue weighted by atomic mass is 9.81. The summed E-state index contributed by atoms with van der Waals surface area (Å²) in [5, 5.41) is 5.54. The lowest BCUT2D eigenvalue weighted by molar-refractivity contribution is -0.184. The van der Waals surface area contributed by atoms with Gasteiger partial charge in [-0.05, 0) is 111 Å². The van der Waals surface area contributed by atoms with Crippen LogP contribution < -0.4 is 10.6 Å². The molecule has 0 saturated heterocycles. The highest BCUT2D eigenvalue weighted by atomic mass is 32.2. The molecular weight excluding hydrogens is 1080 g/mol. The van der Waals surface area contributed by atoms with Crippen LogP contribution in [0, 0.1) is 35.5 Å². The zero-order chi connectivity index (χ0) is 55.7. The molecule has 416 valence electrons. The maximum absolute atomic E-state index is 13.3. The Morgan fingerprint density at radius 2 is 0.947 bits per heavy atom. The standard InChI is InChI=1S/2C26H32F3N3O4S2/c2*1-4-38(35,36)19-10-9-18(30-13-19)12-31-24(33)21-11-20-23(37-21)22(15(2)3)32(25(20)34)14-16-5-7-17(8-6-16)26(27,28)29/h2*9-11,13,15-17,22H,4-8,12,14H2,1-3H3,(H,31,33)/t2*16?,17?,22-/m10/s1. The maximum Gasteiger partial charge on any atom is 0.391 e. The molecule has 24 heteroatoms. The number of nitrogens with zero attached hydrogens (tertiary/aromatic N) is 4. The largest absolute Gasteiger partial charge is 0.391 e. The third-order valence-corrected chi connectivity index (χ3v) is 20.7. The van der Waals surface area contributed by atoms with Crippen molar-refractivity contribution in [3.05, 3.63) is 90.8 Å². The number of pyridine rings is 2. The molecule has 2 N–H and O–H groups in total. The molecule has 4 aliphatic rings. The number of hydrogen-bond donors (Lipinski definition) is 2. The highest BCUT2D eigenvalue weighted by molar-refractivity contribution is 7.91. The van der Waals surface area contributed by atoms with Crippen molar-refractivity contribution < 1.29 is 62.4 Å². The molecule has 4 amide bonds. The van der Waals surface area contributed by atoms with Crippen LogP contribution >= 0.6 is 22.7 Å². The number of aromatic nitrogens is 2. The Labute approximate surface area is 447 Å². The number of amides is 4. The molecular formula is C52H64F6N6O8S4. The quantitative estimate of drug-likeness (QED) is 0.102. The van der Waals surface area contributed by atoms with Crippen molar-refractivity contribution in [2.75, 3.05) is 24.6 Å². The average Bonchev–Trinajstić information content (AvgIpc) is 4.13. The molecule has 4 aromatic heterocycles. The summed E-state index contributed by atoms with van der Waals surface area (Å²) >= 11 is 2.52. The van der Waals surface area contributed by atoms with E-state index in [4.69, 9.17) is 0 Å². The summed E-state index contributed by atoms with van der Waals surface area (Å²) in [6.45, 7) is 12.1. The first-order valence-electron chi connectivity index (χ1n) is 25.6. The van der Waals surface area contributed by atoms with Crippen molar-refractivity contribution in [2.45, 2.75) is 140 Å².